The highest BCUT2D eigenvalue weighted by Gasteiger charge is 2.26. The maximum atomic E-state index is 13.1. The van der Waals surface area contributed by atoms with Crippen molar-refractivity contribution in [3.05, 3.63) is 0 Å². The summed E-state index contributed by atoms with van der Waals surface area (Å²) in [5, 5.41) is 0. The maximum Gasteiger partial charge on any atom is 0.139 e. The summed E-state index contributed by atoms with van der Waals surface area (Å²) in [6.07, 6.45) is 1.09. The molecule has 0 amide bonds. The van der Waals surface area contributed by atoms with E-state index in [0.29, 0.717) is 12.8 Å². The minimum absolute atomic E-state index is 0.143. The van der Waals surface area contributed by atoms with E-state index in [0.717, 1.165) is 0 Å². The van der Waals surface area contributed by atoms with Gasteiger partial charge in [0.25, 0.3) is 0 Å². The van der Waals surface area contributed by atoms with E-state index in [1.54, 1.807) is 6.92 Å². The fraction of sp³-hybridized carbons (Fsp3) is 1.00. The lowest BCUT2D eigenvalue weighted by Crippen LogP contribution is -2.24. The molecular weight excluding hydrogens is 153 g/mol. The van der Waals surface area contributed by atoms with Gasteiger partial charge in [0.15, 0.2) is 0 Å². The van der Waals surface area contributed by atoms with Gasteiger partial charge in [-0.15, -0.1) is 0 Å². The first-order valence-corrected chi connectivity index (χ1v) is 3.99. The van der Waals surface area contributed by atoms with Crippen molar-refractivity contribution in [2.75, 3.05) is 13.3 Å². The van der Waals surface area contributed by atoms with E-state index in [2.05, 4.69) is 0 Å². The molecular formula is C8H15F3. The minimum atomic E-state index is -1.70. The minimum Gasteiger partial charge on any atom is -0.251 e. The van der Waals surface area contributed by atoms with Crippen molar-refractivity contribution >= 4 is 0 Å². The van der Waals surface area contributed by atoms with Crippen LogP contribution in [-0.4, -0.2) is 19.0 Å². The monoisotopic (exact) mass is 168 g/mol. The Morgan fingerprint density at radius 1 is 1.18 bits per heavy atom. The van der Waals surface area contributed by atoms with E-state index in [1.165, 1.54) is 0 Å². The van der Waals surface area contributed by atoms with Crippen molar-refractivity contribution in [3.8, 4) is 0 Å². The van der Waals surface area contributed by atoms with Crippen molar-refractivity contribution < 1.29 is 13.2 Å². The van der Waals surface area contributed by atoms with Crippen LogP contribution in [0.3, 0.4) is 0 Å². The molecule has 0 saturated heterocycles. The van der Waals surface area contributed by atoms with Gasteiger partial charge in [-0.2, -0.15) is 0 Å². The number of hydrogen-bond donors (Lipinski definition) is 0. The third-order valence-electron chi connectivity index (χ3n) is 1.88. The normalized spacial score (nSPS) is 16.4. The van der Waals surface area contributed by atoms with Crippen LogP contribution >= 0.6 is 0 Å². The Morgan fingerprint density at radius 2 is 1.82 bits per heavy atom. The predicted molar refractivity (Wildman–Crippen MR) is 39.9 cm³/mol. The summed E-state index contributed by atoms with van der Waals surface area (Å²) in [4.78, 5) is 0. The molecule has 0 heterocycles. The Morgan fingerprint density at radius 3 is 2.18 bits per heavy atom. The molecule has 0 aliphatic rings. The molecule has 0 rings (SSSR count). The smallest absolute Gasteiger partial charge is 0.139 e. The molecule has 0 radical (unpaired) electrons. The van der Waals surface area contributed by atoms with Gasteiger partial charge in [-0.05, 0) is 25.7 Å². The Kier molecular flexibility index (Phi) is 5.34. The van der Waals surface area contributed by atoms with E-state index in [4.69, 9.17) is 0 Å². The second-order valence-electron chi connectivity index (χ2n) is 2.78. The highest BCUT2D eigenvalue weighted by atomic mass is 19.2. The van der Waals surface area contributed by atoms with E-state index < -0.39 is 19.0 Å². The largest absolute Gasteiger partial charge is 0.251 e. The molecule has 0 saturated carbocycles. The van der Waals surface area contributed by atoms with Crippen LogP contribution in [0.1, 0.15) is 32.6 Å². The second-order valence-corrected chi connectivity index (χ2v) is 2.78. The van der Waals surface area contributed by atoms with Crippen molar-refractivity contribution in [3.63, 3.8) is 0 Å². The molecule has 1 unspecified atom stereocenters. The quantitative estimate of drug-likeness (QED) is 0.534. The maximum absolute atomic E-state index is 13.1. The third-order valence-corrected chi connectivity index (χ3v) is 1.88. The van der Waals surface area contributed by atoms with Gasteiger partial charge in [0.1, 0.15) is 12.3 Å². The van der Waals surface area contributed by atoms with Crippen molar-refractivity contribution in [1.82, 2.24) is 0 Å². The van der Waals surface area contributed by atoms with Crippen LogP contribution in [0.5, 0.6) is 0 Å². The fourth-order valence-corrected chi connectivity index (χ4v) is 0.874. The number of alkyl halides is 3. The first-order valence-electron chi connectivity index (χ1n) is 3.99. The average molecular weight is 168 g/mol. The molecule has 0 nitrogen and oxygen atoms in total. The SMILES string of the molecule is CCC(F)(CF)CCCCF. The second kappa shape index (κ2) is 5.44. The lowest BCUT2D eigenvalue weighted by molar-refractivity contribution is 0.100. The Balaban J connectivity index is 3.51. The zero-order valence-corrected chi connectivity index (χ0v) is 6.88. The summed E-state index contributed by atoms with van der Waals surface area (Å²) in [7, 11) is 0. The molecule has 3 heteroatoms. The average Bonchev–Trinajstić information content (AvgIpc) is 2.05. The molecule has 1 atom stereocenters. The fourth-order valence-electron chi connectivity index (χ4n) is 0.874. The standard InChI is InChI=1S/C8H15F3/c1-2-8(11,7-10)5-3-4-6-9/h2-7H2,1H3. The van der Waals surface area contributed by atoms with E-state index in [-0.39, 0.29) is 12.8 Å². The van der Waals surface area contributed by atoms with Gasteiger partial charge in [-0.3, -0.25) is 4.39 Å². The van der Waals surface area contributed by atoms with E-state index >= 15 is 0 Å². The summed E-state index contributed by atoms with van der Waals surface area (Å²) in [6.45, 7) is 0.219. The molecule has 68 valence electrons. The van der Waals surface area contributed by atoms with Crippen LogP contribution in [0.15, 0.2) is 0 Å². The first-order chi connectivity index (χ1) is 5.18. The van der Waals surface area contributed by atoms with Gasteiger partial charge in [0.05, 0.1) is 6.67 Å². The summed E-state index contributed by atoms with van der Waals surface area (Å²) < 4.78 is 36.6. The van der Waals surface area contributed by atoms with Crippen LogP contribution in [0.4, 0.5) is 13.2 Å². The Hall–Kier alpha value is -0.210. The highest BCUT2D eigenvalue weighted by molar-refractivity contribution is 4.75. The summed E-state index contributed by atoms with van der Waals surface area (Å²) in [5.74, 6) is 0. The molecule has 0 fully saturated rings. The molecule has 0 spiro atoms. The lowest BCUT2D eigenvalue weighted by atomic mass is 9.97. The summed E-state index contributed by atoms with van der Waals surface area (Å²) in [5.41, 5.74) is -1.70. The van der Waals surface area contributed by atoms with Crippen molar-refractivity contribution in [2.24, 2.45) is 0 Å². The van der Waals surface area contributed by atoms with Gasteiger partial charge < -0.3 is 0 Å². The summed E-state index contributed by atoms with van der Waals surface area (Å²) >= 11 is 0. The molecule has 0 aromatic carbocycles. The predicted octanol–water partition coefficient (Wildman–Crippen LogP) is 3.21. The van der Waals surface area contributed by atoms with Crippen LogP contribution < -0.4 is 0 Å². The lowest BCUT2D eigenvalue weighted by Gasteiger charge is -2.18. The van der Waals surface area contributed by atoms with Crippen LogP contribution in [-0.2, 0) is 0 Å². The molecule has 0 N–H and O–H groups in total. The van der Waals surface area contributed by atoms with Crippen LogP contribution in [0.2, 0.25) is 0 Å². The topological polar surface area (TPSA) is 0 Å². The number of unbranched alkanes of at least 4 members (excludes halogenated alkanes) is 1. The summed E-state index contributed by atoms with van der Waals surface area (Å²) in [6, 6.07) is 0. The molecule has 0 aromatic rings. The molecule has 0 aromatic heterocycles. The zero-order chi connectivity index (χ0) is 8.74. The van der Waals surface area contributed by atoms with Crippen molar-refractivity contribution in [2.45, 2.75) is 38.3 Å². The highest BCUT2D eigenvalue weighted by Crippen LogP contribution is 2.23. The Labute approximate surface area is 65.8 Å². The van der Waals surface area contributed by atoms with E-state index in [1.807, 2.05) is 0 Å². The third kappa shape index (κ3) is 4.27. The van der Waals surface area contributed by atoms with Gasteiger partial charge in [0.2, 0.25) is 0 Å². The first kappa shape index (κ1) is 10.8. The number of halogens is 3. The number of hydrogen-bond acceptors (Lipinski definition) is 0. The Bertz CT molecular complexity index is 89.3. The van der Waals surface area contributed by atoms with Gasteiger partial charge >= 0.3 is 0 Å². The van der Waals surface area contributed by atoms with E-state index in [9.17, 15) is 13.2 Å². The molecule has 0 bridgehead atoms. The zero-order valence-electron chi connectivity index (χ0n) is 6.88. The molecule has 11 heavy (non-hydrogen) atoms. The molecule has 0 aliphatic carbocycles. The molecule has 0 aliphatic heterocycles. The number of rotatable bonds is 6. The van der Waals surface area contributed by atoms with Gasteiger partial charge in [-0.1, -0.05) is 6.92 Å². The van der Waals surface area contributed by atoms with Crippen LogP contribution in [0.25, 0.3) is 0 Å². The van der Waals surface area contributed by atoms with Gasteiger partial charge in [-0.25, -0.2) is 8.78 Å². The van der Waals surface area contributed by atoms with Crippen molar-refractivity contribution in [1.29, 1.82) is 0 Å². The van der Waals surface area contributed by atoms with Gasteiger partial charge in [0, 0.05) is 0 Å². The van der Waals surface area contributed by atoms with Crippen LogP contribution in [0, 0.1) is 0 Å².